The van der Waals surface area contributed by atoms with Crippen LogP contribution in [0.5, 0.6) is 5.88 Å². The van der Waals surface area contributed by atoms with E-state index in [0.29, 0.717) is 24.8 Å². The average Bonchev–Trinajstić information content (AvgIpc) is 2.97. The number of rotatable bonds is 8. The second kappa shape index (κ2) is 9.82. The Morgan fingerprint density at radius 3 is 2.53 bits per heavy atom. The molecule has 2 aromatic heterocycles. The summed E-state index contributed by atoms with van der Waals surface area (Å²) >= 11 is 0. The second-order valence-corrected chi connectivity index (χ2v) is 9.22. The molecule has 30 heavy (non-hydrogen) atoms. The molecule has 0 radical (unpaired) electrons. The predicted molar refractivity (Wildman–Crippen MR) is 118 cm³/mol. The van der Waals surface area contributed by atoms with Crippen LogP contribution in [0.1, 0.15) is 60.1 Å². The first-order chi connectivity index (χ1) is 13.9. The van der Waals surface area contributed by atoms with Gasteiger partial charge in [0.2, 0.25) is 5.88 Å². The Bertz CT molecular complexity index is 834. The van der Waals surface area contributed by atoms with Gasteiger partial charge in [-0.2, -0.15) is 10.1 Å². The molecule has 0 saturated carbocycles. The summed E-state index contributed by atoms with van der Waals surface area (Å²) in [5, 5.41) is 10.6. The van der Waals surface area contributed by atoms with Gasteiger partial charge in [0, 0.05) is 18.7 Å². The summed E-state index contributed by atoms with van der Waals surface area (Å²) in [5.74, 6) is 2.14. The Hall–Kier alpha value is -2.77. The molecule has 0 aliphatic carbocycles. The van der Waals surface area contributed by atoms with Gasteiger partial charge in [0.25, 0.3) is 0 Å². The van der Waals surface area contributed by atoms with Crippen LogP contribution >= 0.6 is 0 Å². The summed E-state index contributed by atoms with van der Waals surface area (Å²) in [6.45, 7) is 14.9. The van der Waals surface area contributed by atoms with Crippen molar-refractivity contribution in [1.82, 2.24) is 20.1 Å². The molecule has 166 valence electrons. The normalized spacial score (nSPS) is 11.8. The molecule has 2 rings (SSSR count). The van der Waals surface area contributed by atoms with Crippen LogP contribution in [-0.2, 0) is 10.3 Å². The highest BCUT2D eigenvalue weighted by molar-refractivity contribution is 5.67. The van der Waals surface area contributed by atoms with E-state index in [9.17, 15) is 4.79 Å². The zero-order chi connectivity index (χ0) is 22.4. The lowest BCUT2D eigenvalue weighted by molar-refractivity contribution is 0.0526. The molecule has 2 heterocycles. The Morgan fingerprint density at radius 2 is 1.87 bits per heavy atom. The highest BCUT2D eigenvalue weighted by atomic mass is 16.6. The van der Waals surface area contributed by atoms with E-state index in [1.807, 2.05) is 56.6 Å². The standard InChI is InChI=1S/C22H35N5O3/c1-16-15-18(27(26-16)21(2,3)4)24-17-11-10-12-19(25-17)29-14-9-8-13-23-20(28)30-22(5,6)7/h10-12,15H,8-9,13-14H2,1-7H3,(H,23,28)(H,24,25). The summed E-state index contributed by atoms with van der Waals surface area (Å²) in [4.78, 5) is 16.1. The maximum atomic E-state index is 11.6. The molecule has 8 heteroatoms. The van der Waals surface area contributed by atoms with Crippen LogP contribution in [0.25, 0.3) is 0 Å². The van der Waals surface area contributed by atoms with Crippen molar-refractivity contribution in [3.8, 4) is 5.88 Å². The van der Waals surface area contributed by atoms with E-state index < -0.39 is 11.7 Å². The summed E-state index contributed by atoms with van der Waals surface area (Å²) in [6, 6.07) is 7.63. The number of amides is 1. The minimum Gasteiger partial charge on any atom is -0.478 e. The summed E-state index contributed by atoms with van der Waals surface area (Å²) in [7, 11) is 0. The summed E-state index contributed by atoms with van der Waals surface area (Å²) in [6.07, 6.45) is 1.19. The number of carbonyl (C=O) groups is 1. The minimum atomic E-state index is -0.485. The van der Waals surface area contributed by atoms with Gasteiger partial charge in [0.15, 0.2) is 0 Å². The van der Waals surface area contributed by atoms with E-state index in [0.717, 1.165) is 24.4 Å². The molecule has 0 atom stereocenters. The number of nitrogens with one attached hydrogen (secondary N) is 2. The monoisotopic (exact) mass is 417 g/mol. The van der Waals surface area contributed by atoms with E-state index in [1.54, 1.807) is 0 Å². The molecule has 0 fully saturated rings. The lowest BCUT2D eigenvalue weighted by Crippen LogP contribution is -2.33. The molecular weight excluding hydrogens is 382 g/mol. The fourth-order valence-electron chi connectivity index (χ4n) is 2.70. The molecule has 0 aliphatic heterocycles. The van der Waals surface area contributed by atoms with Crippen molar-refractivity contribution in [3.63, 3.8) is 0 Å². The van der Waals surface area contributed by atoms with Crippen LogP contribution in [0, 0.1) is 6.92 Å². The number of nitrogens with zero attached hydrogens (tertiary/aromatic N) is 3. The number of unbranched alkanes of at least 4 members (excludes halogenated alkanes) is 1. The maximum Gasteiger partial charge on any atom is 0.407 e. The molecule has 8 nitrogen and oxygen atoms in total. The van der Waals surface area contributed by atoms with E-state index in [1.165, 1.54) is 0 Å². The lowest BCUT2D eigenvalue weighted by Gasteiger charge is -2.22. The van der Waals surface area contributed by atoms with Gasteiger partial charge in [-0.25, -0.2) is 9.48 Å². The van der Waals surface area contributed by atoms with E-state index in [4.69, 9.17) is 9.47 Å². The minimum absolute atomic E-state index is 0.141. The number of hydrogen-bond donors (Lipinski definition) is 2. The van der Waals surface area contributed by atoms with Gasteiger partial charge in [0.1, 0.15) is 17.2 Å². The molecule has 0 aromatic carbocycles. The summed E-state index contributed by atoms with van der Waals surface area (Å²) in [5.41, 5.74) is 0.319. The SMILES string of the molecule is Cc1cc(Nc2cccc(OCCCCNC(=O)OC(C)(C)C)n2)n(C(C)(C)C)n1. The number of pyridine rings is 1. The average molecular weight is 418 g/mol. The summed E-state index contributed by atoms with van der Waals surface area (Å²) < 4.78 is 12.9. The van der Waals surface area contributed by atoms with Crippen molar-refractivity contribution in [1.29, 1.82) is 0 Å². The maximum absolute atomic E-state index is 11.6. The molecule has 0 unspecified atom stereocenters. The van der Waals surface area contributed by atoms with Crippen LogP contribution in [0.3, 0.4) is 0 Å². The first kappa shape index (κ1) is 23.5. The molecule has 2 N–H and O–H groups in total. The highest BCUT2D eigenvalue weighted by Crippen LogP contribution is 2.24. The van der Waals surface area contributed by atoms with Crippen molar-refractivity contribution in [2.24, 2.45) is 0 Å². The molecule has 0 saturated heterocycles. The van der Waals surface area contributed by atoms with Gasteiger partial charge >= 0.3 is 6.09 Å². The van der Waals surface area contributed by atoms with Gasteiger partial charge in [-0.15, -0.1) is 0 Å². The number of carbonyl (C=O) groups excluding carboxylic acids is 1. The quantitative estimate of drug-likeness (QED) is 0.601. The van der Waals surface area contributed by atoms with Crippen molar-refractivity contribution >= 4 is 17.7 Å². The molecular formula is C22H35N5O3. The van der Waals surface area contributed by atoms with E-state index in [-0.39, 0.29) is 5.54 Å². The number of hydrogen-bond acceptors (Lipinski definition) is 6. The van der Waals surface area contributed by atoms with Crippen LogP contribution in [-0.4, -0.2) is 39.6 Å². The van der Waals surface area contributed by atoms with Crippen molar-refractivity contribution in [3.05, 3.63) is 30.0 Å². The van der Waals surface area contributed by atoms with Gasteiger partial charge in [-0.3, -0.25) is 0 Å². The first-order valence-corrected chi connectivity index (χ1v) is 10.3. The Labute approximate surface area is 179 Å². The lowest BCUT2D eigenvalue weighted by atomic mass is 10.1. The van der Waals surface area contributed by atoms with Gasteiger partial charge in [0.05, 0.1) is 17.8 Å². The second-order valence-electron chi connectivity index (χ2n) is 9.22. The zero-order valence-electron chi connectivity index (χ0n) is 19.2. The van der Waals surface area contributed by atoms with Gasteiger partial charge in [-0.1, -0.05) is 6.07 Å². The van der Waals surface area contributed by atoms with E-state index in [2.05, 4.69) is 41.5 Å². The van der Waals surface area contributed by atoms with Crippen LogP contribution < -0.4 is 15.4 Å². The predicted octanol–water partition coefficient (Wildman–Crippen LogP) is 4.77. The number of alkyl carbamates (subject to hydrolysis) is 1. The third-order valence-electron chi connectivity index (χ3n) is 3.94. The third-order valence-corrected chi connectivity index (χ3v) is 3.94. The smallest absolute Gasteiger partial charge is 0.407 e. The Kier molecular flexibility index (Phi) is 7.70. The topological polar surface area (TPSA) is 90.3 Å². The highest BCUT2D eigenvalue weighted by Gasteiger charge is 2.19. The number of aromatic nitrogens is 3. The Morgan fingerprint density at radius 1 is 1.13 bits per heavy atom. The fraction of sp³-hybridized carbons (Fsp3) is 0.591. The first-order valence-electron chi connectivity index (χ1n) is 10.3. The molecule has 1 amide bonds. The number of ether oxygens (including phenoxy) is 2. The number of aryl methyl sites for hydroxylation is 1. The number of anilines is 2. The van der Waals surface area contributed by atoms with Crippen molar-refractivity contribution in [2.75, 3.05) is 18.5 Å². The molecule has 0 bridgehead atoms. The molecule has 0 spiro atoms. The van der Waals surface area contributed by atoms with Crippen LogP contribution in [0.2, 0.25) is 0 Å². The largest absolute Gasteiger partial charge is 0.478 e. The van der Waals surface area contributed by atoms with Crippen LogP contribution in [0.15, 0.2) is 24.3 Å². The van der Waals surface area contributed by atoms with Gasteiger partial charge < -0.3 is 20.1 Å². The van der Waals surface area contributed by atoms with Crippen LogP contribution in [0.4, 0.5) is 16.4 Å². The van der Waals surface area contributed by atoms with Crippen molar-refractivity contribution < 1.29 is 14.3 Å². The molecule has 2 aromatic rings. The van der Waals surface area contributed by atoms with Crippen molar-refractivity contribution in [2.45, 2.75) is 72.4 Å². The third kappa shape index (κ3) is 7.93. The fourth-order valence-corrected chi connectivity index (χ4v) is 2.70. The zero-order valence-corrected chi connectivity index (χ0v) is 19.2. The van der Waals surface area contributed by atoms with Gasteiger partial charge in [-0.05, 0) is 67.4 Å². The Balaban J connectivity index is 1.80. The van der Waals surface area contributed by atoms with E-state index >= 15 is 0 Å². The molecule has 0 aliphatic rings.